The molecule has 0 fully saturated rings. The summed E-state index contributed by atoms with van der Waals surface area (Å²) >= 11 is 2.99. The number of nitrogen functional groups attached to an aromatic ring is 1. The molecular weight excluding hydrogens is 216 g/mol. The van der Waals surface area contributed by atoms with Gasteiger partial charge < -0.3 is 5.73 Å². The van der Waals surface area contributed by atoms with Crippen LogP contribution < -0.4 is 5.73 Å². The maximum atomic E-state index is 5.54. The van der Waals surface area contributed by atoms with E-state index in [0.29, 0.717) is 11.0 Å². The van der Waals surface area contributed by atoms with Crippen LogP contribution in [-0.2, 0) is 0 Å². The second kappa shape index (κ2) is 3.62. The highest BCUT2D eigenvalue weighted by atomic mass is 32.1. The molecule has 2 heterocycles. The first kappa shape index (κ1) is 9.54. The minimum absolute atomic E-state index is 0.404. The monoisotopic (exact) mass is 226 g/mol. The first-order valence-corrected chi connectivity index (χ1v) is 5.91. The van der Waals surface area contributed by atoms with Gasteiger partial charge in [-0.25, -0.2) is 4.98 Å². The van der Waals surface area contributed by atoms with E-state index in [9.17, 15) is 0 Å². The molecule has 6 heteroatoms. The predicted octanol–water partition coefficient (Wildman–Crippen LogP) is 2.37. The van der Waals surface area contributed by atoms with Crippen molar-refractivity contribution in [3.05, 3.63) is 11.2 Å². The van der Waals surface area contributed by atoms with Crippen molar-refractivity contribution in [2.75, 3.05) is 5.73 Å². The van der Waals surface area contributed by atoms with Gasteiger partial charge in [-0.05, 0) is 5.92 Å². The van der Waals surface area contributed by atoms with Crippen LogP contribution in [0.2, 0.25) is 0 Å². The van der Waals surface area contributed by atoms with Crippen LogP contribution in [-0.4, -0.2) is 15.2 Å². The highest BCUT2D eigenvalue weighted by Gasteiger charge is 2.15. The quantitative estimate of drug-likeness (QED) is 0.853. The fraction of sp³-hybridized carbons (Fsp3) is 0.375. The van der Waals surface area contributed by atoms with E-state index in [2.05, 4.69) is 29.0 Å². The standard InChI is InChI=1S/C8H10N4S2/c1-4(2)5-6(13-3-10-5)7-11-12-8(9)14-7/h3-4H,1-2H3,(H2,9,12). The summed E-state index contributed by atoms with van der Waals surface area (Å²) in [5, 5.41) is 9.19. The molecule has 4 nitrogen and oxygen atoms in total. The van der Waals surface area contributed by atoms with Crippen LogP contribution in [0.3, 0.4) is 0 Å². The molecule has 0 aliphatic rings. The zero-order chi connectivity index (χ0) is 10.1. The van der Waals surface area contributed by atoms with Crippen LogP contribution in [0, 0.1) is 0 Å². The summed E-state index contributed by atoms with van der Waals surface area (Å²) in [4.78, 5) is 5.41. The number of rotatable bonds is 2. The minimum Gasteiger partial charge on any atom is -0.374 e. The zero-order valence-electron chi connectivity index (χ0n) is 7.89. The molecule has 0 aliphatic carbocycles. The third kappa shape index (κ3) is 1.62. The van der Waals surface area contributed by atoms with Gasteiger partial charge in [0.15, 0.2) is 5.01 Å². The third-order valence-corrected chi connectivity index (χ3v) is 3.52. The Kier molecular flexibility index (Phi) is 2.47. The van der Waals surface area contributed by atoms with Crippen LogP contribution in [0.1, 0.15) is 25.5 Å². The Hall–Kier alpha value is -1.01. The van der Waals surface area contributed by atoms with Crippen LogP contribution in [0.25, 0.3) is 9.88 Å². The van der Waals surface area contributed by atoms with Crippen molar-refractivity contribution in [3.8, 4) is 9.88 Å². The number of hydrogen-bond acceptors (Lipinski definition) is 6. The minimum atomic E-state index is 0.404. The molecule has 0 bridgehead atoms. The Labute approximate surface area is 89.8 Å². The van der Waals surface area contributed by atoms with E-state index in [1.165, 1.54) is 11.3 Å². The normalized spacial score (nSPS) is 11.1. The van der Waals surface area contributed by atoms with Crippen LogP contribution in [0.15, 0.2) is 5.51 Å². The summed E-state index contributed by atoms with van der Waals surface area (Å²) in [6.07, 6.45) is 0. The first-order valence-electron chi connectivity index (χ1n) is 4.21. The first-order chi connectivity index (χ1) is 6.68. The van der Waals surface area contributed by atoms with Crippen molar-refractivity contribution in [3.63, 3.8) is 0 Å². The lowest BCUT2D eigenvalue weighted by molar-refractivity contribution is 0.834. The number of nitrogens with two attached hydrogens (primary N) is 1. The third-order valence-electron chi connectivity index (χ3n) is 1.78. The van der Waals surface area contributed by atoms with Gasteiger partial charge in [-0.1, -0.05) is 25.2 Å². The summed E-state index contributed by atoms with van der Waals surface area (Å²) < 4.78 is 0. The maximum Gasteiger partial charge on any atom is 0.203 e. The summed E-state index contributed by atoms with van der Waals surface area (Å²) in [6.45, 7) is 4.23. The molecule has 0 aromatic carbocycles. The van der Waals surface area contributed by atoms with Crippen molar-refractivity contribution in [1.82, 2.24) is 15.2 Å². The number of aromatic nitrogens is 3. The van der Waals surface area contributed by atoms with Crippen LogP contribution >= 0.6 is 22.7 Å². The number of hydrogen-bond donors (Lipinski definition) is 1. The Bertz CT molecular complexity index is 432. The van der Waals surface area contributed by atoms with Crippen molar-refractivity contribution in [2.24, 2.45) is 0 Å². The molecule has 0 unspecified atom stereocenters. The maximum absolute atomic E-state index is 5.54. The largest absolute Gasteiger partial charge is 0.374 e. The molecule has 0 radical (unpaired) electrons. The molecule has 2 rings (SSSR count). The van der Waals surface area contributed by atoms with E-state index < -0.39 is 0 Å². The molecule has 74 valence electrons. The zero-order valence-corrected chi connectivity index (χ0v) is 9.52. The van der Waals surface area contributed by atoms with Gasteiger partial charge in [-0.2, -0.15) is 0 Å². The second-order valence-corrected chi connectivity index (χ2v) is 5.03. The van der Waals surface area contributed by atoms with E-state index in [0.717, 1.165) is 15.6 Å². The Morgan fingerprint density at radius 1 is 1.36 bits per heavy atom. The molecule has 2 N–H and O–H groups in total. The van der Waals surface area contributed by atoms with Gasteiger partial charge in [-0.3, -0.25) is 0 Å². The highest BCUT2D eigenvalue weighted by Crippen LogP contribution is 2.34. The van der Waals surface area contributed by atoms with Crippen molar-refractivity contribution in [1.29, 1.82) is 0 Å². The van der Waals surface area contributed by atoms with Crippen molar-refractivity contribution >= 4 is 27.8 Å². The topological polar surface area (TPSA) is 64.7 Å². The van der Waals surface area contributed by atoms with E-state index in [-0.39, 0.29) is 0 Å². The molecule has 0 saturated carbocycles. The highest BCUT2D eigenvalue weighted by molar-refractivity contribution is 7.22. The van der Waals surface area contributed by atoms with Gasteiger partial charge in [0, 0.05) is 0 Å². The van der Waals surface area contributed by atoms with E-state index in [4.69, 9.17) is 5.73 Å². The summed E-state index contributed by atoms with van der Waals surface area (Å²) in [5.74, 6) is 0.404. The van der Waals surface area contributed by atoms with Gasteiger partial charge in [0.05, 0.1) is 16.1 Å². The molecule has 0 amide bonds. The molecule has 0 spiro atoms. The Morgan fingerprint density at radius 3 is 2.71 bits per heavy atom. The molecular formula is C8H10N4S2. The summed E-state index contributed by atoms with van der Waals surface area (Å²) in [5.41, 5.74) is 8.45. The van der Waals surface area contributed by atoms with Crippen molar-refractivity contribution in [2.45, 2.75) is 19.8 Å². The van der Waals surface area contributed by atoms with Crippen LogP contribution in [0.4, 0.5) is 5.13 Å². The Morgan fingerprint density at radius 2 is 2.14 bits per heavy atom. The summed E-state index contributed by atoms with van der Waals surface area (Å²) in [6, 6.07) is 0. The number of nitrogens with zero attached hydrogens (tertiary/aromatic N) is 3. The fourth-order valence-corrected chi connectivity index (χ4v) is 2.80. The van der Waals surface area contributed by atoms with Gasteiger partial charge >= 0.3 is 0 Å². The Balaban J connectivity index is 2.46. The molecule has 0 saturated heterocycles. The van der Waals surface area contributed by atoms with Gasteiger partial charge in [0.25, 0.3) is 0 Å². The predicted molar refractivity (Wildman–Crippen MR) is 59.5 cm³/mol. The average Bonchev–Trinajstić information content (AvgIpc) is 2.70. The molecule has 2 aromatic rings. The van der Waals surface area contributed by atoms with Gasteiger partial charge in [-0.15, -0.1) is 21.5 Å². The molecule has 0 atom stereocenters. The summed E-state index contributed by atoms with van der Waals surface area (Å²) in [7, 11) is 0. The van der Waals surface area contributed by atoms with Crippen LogP contribution in [0.5, 0.6) is 0 Å². The molecule has 14 heavy (non-hydrogen) atoms. The van der Waals surface area contributed by atoms with E-state index in [1.54, 1.807) is 11.3 Å². The van der Waals surface area contributed by atoms with E-state index >= 15 is 0 Å². The average molecular weight is 226 g/mol. The second-order valence-electron chi connectivity index (χ2n) is 3.17. The fourth-order valence-electron chi connectivity index (χ4n) is 1.15. The van der Waals surface area contributed by atoms with Gasteiger partial charge in [0.1, 0.15) is 0 Å². The molecule has 0 aliphatic heterocycles. The van der Waals surface area contributed by atoms with Crippen molar-refractivity contribution < 1.29 is 0 Å². The number of thiazole rings is 1. The number of anilines is 1. The lowest BCUT2D eigenvalue weighted by Crippen LogP contribution is -1.89. The lowest BCUT2D eigenvalue weighted by Gasteiger charge is -2.01. The van der Waals surface area contributed by atoms with E-state index in [1.807, 2.05) is 5.51 Å². The molecule has 2 aromatic heterocycles. The smallest absolute Gasteiger partial charge is 0.203 e. The van der Waals surface area contributed by atoms with Gasteiger partial charge in [0.2, 0.25) is 5.13 Å². The lowest BCUT2D eigenvalue weighted by atomic mass is 10.1. The SMILES string of the molecule is CC(C)c1ncsc1-c1nnc(N)s1.